The van der Waals surface area contributed by atoms with Crippen LogP contribution in [0, 0.1) is 18.3 Å². The molecule has 1 fully saturated rings. The minimum absolute atomic E-state index is 0.0214. The van der Waals surface area contributed by atoms with E-state index in [4.69, 9.17) is 4.52 Å². The molecule has 1 aliphatic carbocycles. The second-order valence-electron chi connectivity index (χ2n) is 10.7. The van der Waals surface area contributed by atoms with Crippen molar-refractivity contribution in [2.45, 2.75) is 59.9 Å². The maximum atomic E-state index is 12.4. The molecule has 3 aromatic rings. The molecule has 0 radical (unpaired) electrons. The minimum Gasteiger partial charge on any atom is -0.345 e. The molecule has 4 rings (SSSR count). The van der Waals surface area contributed by atoms with Gasteiger partial charge in [0, 0.05) is 24.1 Å². The molecule has 0 aliphatic heterocycles. The molecule has 0 spiro atoms. The van der Waals surface area contributed by atoms with E-state index in [-0.39, 0.29) is 34.4 Å². The lowest BCUT2D eigenvalue weighted by Crippen LogP contribution is -2.24. The highest BCUT2D eigenvalue weighted by atomic mass is 16.5. The molecule has 34 heavy (non-hydrogen) atoms. The number of hydrogen-bond donors (Lipinski definition) is 2. The van der Waals surface area contributed by atoms with Crippen molar-refractivity contribution in [3.05, 3.63) is 59.4 Å². The van der Waals surface area contributed by atoms with Crippen LogP contribution in [0.5, 0.6) is 0 Å². The van der Waals surface area contributed by atoms with Gasteiger partial charge in [0.25, 0.3) is 11.7 Å². The monoisotopic (exact) mass is 461 g/mol. The van der Waals surface area contributed by atoms with Crippen LogP contribution in [-0.4, -0.2) is 26.9 Å². The van der Waals surface area contributed by atoms with Crippen molar-refractivity contribution < 1.29 is 14.1 Å². The Kier molecular flexibility index (Phi) is 6.02. The van der Waals surface area contributed by atoms with Gasteiger partial charge in [-0.3, -0.25) is 9.59 Å². The topological polar surface area (TPSA) is 110 Å². The number of nitrogens with one attached hydrogen (secondary N) is 2. The molecule has 178 valence electrons. The molecule has 1 aliphatic rings. The first-order valence-corrected chi connectivity index (χ1v) is 11.4. The minimum atomic E-state index is -0.379. The van der Waals surface area contributed by atoms with Crippen molar-refractivity contribution in [1.82, 2.24) is 20.4 Å². The van der Waals surface area contributed by atoms with Crippen LogP contribution in [0.2, 0.25) is 0 Å². The summed E-state index contributed by atoms with van der Waals surface area (Å²) in [5.74, 6) is 0.687. The molecular formula is C26H31N5O3. The van der Waals surface area contributed by atoms with Gasteiger partial charge < -0.3 is 15.2 Å². The number of aryl methyl sites for hydroxylation is 1. The summed E-state index contributed by atoms with van der Waals surface area (Å²) in [5, 5.41) is 9.58. The number of rotatable bonds is 6. The predicted octanol–water partition coefficient (Wildman–Crippen LogP) is 4.65. The third kappa shape index (κ3) is 5.16. The molecule has 2 N–H and O–H groups in total. The van der Waals surface area contributed by atoms with Gasteiger partial charge in [-0.25, -0.2) is 4.98 Å². The van der Waals surface area contributed by atoms with E-state index in [1.807, 2.05) is 52.0 Å². The molecule has 2 aromatic heterocycles. The van der Waals surface area contributed by atoms with Crippen LogP contribution in [0.25, 0.3) is 11.1 Å². The maximum absolute atomic E-state index is 12.4. The van der Waals surface area contributed by atoms with Crippen LogP contribution in [0.15, 0.2) is 41.1 Å². The summed E-state index contributed by atoms with van der Waals surface area (Å²) in [6.45, 7) is 12.4. The van der Waals surface area contributed by atoms with Gasteiger partial charge in [-0.1, -0.05) is 58.0 Å². The first-order valence-electron chi connectivity index (χ1n) is 11.4. The molecule has 0 bridgehead atoms. The van der Waals surface area contributed by atoms with E-state index < -0.39 is 0 Å². The van der Waals surface area contributed by atoms with Crippen molar-refractivity contribution in [3.63, 3.8) is 0 Å². The summed E-state index contributed by atoms with van der Waals surface area (Å²) in [4.78, 5) is 33.3. The Hall–Kier alpha value is -3.55. The Morgan fingerprint density at radius 1 is 1.15 bits per heavy atom. The Bertz CT molecular complexity index is 1240. The first kappa shape index (κ1) is 23.6. The van der Waals surface area contributed by atoms with Crippen molar-refractivity contribution in [2.75, 3.05) is 5.32 Å². The second-order valence-corrected chi connectivity index (χ2v) is 10.7. The van der Waals surface area contributed by atoms with Crippen molar-refractivity contribution in [3.8, 4) is 11.1 Å². The van der Waals surface area contributed by atoms with Crippen molar-refractivity contribution >= 4 is 17.6 Å². The third-order valence-corrected chi connectivity index (χ3v) is 6.23. The normalized spacial score (nSPS) is 16.7. The van der Waals surface area contributed by atoms with Crippen molar-refractivity contribution in [1.29, 1.82) is 0 Å². The zero-order valence-electron chi connectivity index (χ0n) is 20.5. The average molecular weight is 462 g/mol. The molecular weight excluding hydrogens is 430 g/mol. The fourth-order valence-corrected chi connectivity index (χ4v) is 3.76. The largest absolute Gasteiger partial charge is 0.345 e. The Morgan fingerprint density at radius 3 is 2.47 bits per heavy atom. The van der Waals surface area contributed by atoms with Gasteiger partial charge in [0.05, 0.1) is 0 Å². The van der Waals surface area contributed by atoms with E-state index in [1.54, 1.807) is 6.20 Å². The summed E-state index contributed by atoms with van der Waals surface area (Å²) in [5.41, 5.74) is 3.73. The van der Waals surface area contributed by atoms with Gasteiger partial charge in [0.1, 0.15) is 5.82 Å². The first-order chi connectivity index (χ1) is 15.9. The number of hydrogen-bond acceptors (Lipinski definition) is 6. The number of aromatic nitrogens is 3. The molecule has 0 saturated heterocycles. The van der Waals surface area contributed by atoms with E-state index in [9.17, 15) is 9.59 Å². The fraction of sp³-hybridized carbons (Fsp3) is 0.423. The lowest BCUT2D eigenvalue weighted by atomic mass is 9.97. The molecule has 1 atom stereocenters. The number of anilines is 1. The molecule has 2 heterocycles. The molecule has 2 amide bonds. The summed E-state index contributed by atoms with van der Waals surface area (Å²) in [7, 11) is 0. The van der Waals surface area contributed by atoms with Gasteiger partial charge in [0.2, 0.25) is 11.8 Å². The van der Waals surface area contributed by atoms with Crippen LogP contribution < -0.4 is 10.6 Å². The smallest absolute Gasteiger partial charge is 0.292 e. The van der Waals surface area contributed by atoms with Gasteiger partial charge in [0.15, 0.2) is 0 Å². The summed E-state index contributed by atoms with van der Waals surface area (Å²) >= 11 is 0. The number of carbonyl (C=O) groups excluding carboxylic acids is 2. The number of pyridine rings is 1. The zero-order chi connectivity index (χ0) is 24.7. The van der Waals surface area contributed by atoms with Gasteiger partial charge in [-0.2, -0.15) is 4.98 Å². The average Bonchev–Trinajstić information content (AvgIpc) is 3.17. The number of nitrogens with zero attached hydrogens (tertiary/aromatic N) is 3. The Labute approximate surface area is 199 Å². The highest BCUT2D eigenvalue weighted by Crippen LogP contribution is 2.52. The SMILES string of the molecule is Cc1cc(-c2ccnc(NC(=O)C3CC3(C)C)c2)ccc1CNC(=O)c1noc(C(C)(C)C)n1. The van der Waals surface area contributed by atoms with Gasteiger partial charge in [-0.15, -0.1) is 0 Å². The third-order valence-electron chi connectivity index (χ3n) is 6.23. The highest BCUT2D eigenvalue weighted by molar-refractivity contribution is 5.94. The van der Waals surface area contributed by atoms with E-state index in [0.717, 1.165) is 28.7 Å². The van der Waals surface area contributed by atoms with Gasteiger partial charge in [-0.05, 0) is 53.1 Å². The van der Waals surface area contributed by atoms with Gasteiger partial charge >= 0.3 is 0 Å². The molecule has 1 saturated carbocycles. The fourth-order valence-electron chi connectivity index (χ4n) is 3.76. The van der Waals surface area contributed by atoms with E-state index in [2.05, 4.69) is 45.7 Å². The standard InChI is InChI=1S/C26H31N5O3/c1-15-11-16(17-9-10-27-20(12-17)29-22(32)19-13-26(19,5)6)7-8-18(15)14-28-23(33)21-30-24(34-31-21)25(2,3)4/h7-12,19H,13-14H2,1-6H3,(H,28,33)(H,27,29,32). The number of carbonyl (C=O) groups is 2. The lowest BCUT2D eigenvalue weighted by molar-refractivity contribution is -0.118. The summed E-state index contributed by atoms with van der Waals surface area (Å²) < 4.78 is 5.20. The molecule has 1 aromatic carbocycles. The van der Waals surface area contributed by atoms with Crippen molar-refractivity contribution in [2.24, 2.45) is 11.3 Å². The Balaban J connectivity index is 1.41. The highest BCUT2D eigenvalue weighted by Gasteiger charge is 2.50. The lowest BCUT2D eigenvalue weighted by Gasteiger charge is -2.11. The number of amides is 2. The molecule has 8 heteroatoms. The molecule has 8 nitrogen and oxygen atoms in total. The van der Waals surface area contributed by atoms with Crippen LogP contribution >= 0.6 is 0 Å². The maximum Gasteiger partial charge on any atom is 0.292 e. The van der Waals surface area contributed by atoms with Crippen LogP contribution in [0.3, 0.4) is 0 Å². The van der Waals surface area contributed by atoms with Crippen LogP contribution in [-0.2, 0) is 16.8 Å². The van der Waals surface area contributed by atoms with E-state index in [1.165, 1.54) is 0 Å². The summed E-state index contributed by atoms with van der Waals surface area (Å²) in [6, 6.07) is 9.82. The second kappa shape index (κ2) is 8.66. The summed E-state index contributed by atoms with van der Waals surface area (Å²) in [6.07, 6.45) is 2.60. The number of benzene rings is 1. The predicted molar refractivity (Wildman–Crippen MR) is 129 cm³/mol. The van der Waals surface area contributed by atoms with Crippen LogP contribution in [0.1, 0.15) is 68.7 Å². The molecule has 1 unspecified atom stereocenters. The van der Waals surface area contributed by atoms with E-state index >= 15 is 0 Å². The van der Waals surface area contributed by atoms with Crippen LogP contribution in [0.4, 0.5) is 5.82 Å². The quantitative estimate of drug-likeness (QED) is 0.553. The Morgan fingerprint density at radius 2 is 1.85 bits per heavy atom. The van der Waals surface area contributed by atoms with E-state index in [0.29, 0.717) is 18.3 Å². The zero-order valence-corrected chi connectivity index (χ0v) is 20.5.